The molecule has 3 aromatic carbocycles. The number of likely N-dealkylation sites (N-methyl/N-ethyl adjacent to an activating group) is 1. The smallest absolute Gasteiger partial charge is 0.252 e. The zero-order chi connectivity index (χ0) is 28.8. The van der Waals surface area contributed by atoms with Crippen LogP contribution in [-0.4, -0.2) is 55.7 Å². The maximum atomic E-state index is 13.4. The highest BCUT2D eigenvalue weighted by Crippen LogP contribution is 2.29. The third-order valence-electron chi connectivity index (χ3n) is 6.91. The van der Waals surface area contributed by atoms with Crippen molar-refractivity contribution in [3.63, 3.8) is 0 Å². The van der Waals surface area contributed by atoms with Crippen molar-refractivity contribution in [1.29, 1.82) is 0 Å². The molecular weight excluding hydrogens is 534 g/mol. The summed E-state index contributed by atoms with van der Waals surface area (Å²) in [5.41, 5.74) is 4.23. The Morgan fingerprint density at radius 1 is 0.976 bits per heavy atom. The maximum Gasteiger partial charge on any atom is 0.252 e. The summed E-state index contributed by atoms with van der Waals surface area (Å²) >= 11 is 5.76. The van der Waals surface area contributed by atoms with Crippen LogP contribution in [0.15, 0.2) is 91.1 Å². The average molecular weight is 568 g/mol. The minimum absolute atomic E-state index is 0.0307. The van der Waals surface area contributed by atoms with Gasteiger partial charge in [-0.05, 0) is 62.0 Å². The van der Waals surface area contributed by atoms with Crippen molar-refractivity contribution in [2.75, 3.05) is 18.5 Å². The molecule has 1 fully saturated rings. The quantitative estimate of drug-likeness (QED) is 0.235. The molecule has 1 aliphatic rings. The van der Waals surface area contributed by atoms with E-state index in [0.717, 1.165) is 34.7 Å². The Morgan fingerprint density at radius 3 is 2.32 bits per heavy atom. The third kappa shape index (κ3) is 6.30. The summed E-state index contributed by atoms with van der Waals surface area (Å²) in [5, 5.41) is 8.23. The van der Waals surface area contributed by atoms with E-state index in [1.54, 1.807) is 17.0 Å². The highest BCUT2D eigenvalue weighted by atomic mass is 32.1. The van der Waals surface area contributed by atoms with Gasteiger partial charge in [-0.1, -0.05) is 55.5 Å². The second kappa shape index (κ2) is 12.8. The van der Waals surface area contributed by atoms with Crippen molar-refractivity contribution < 1.29 is 14.3 Å². The molecule has 8 nitrogen and oxygen atoms in total. The molecule has 0 aliphatic carbocycles. The largest absolute Gasteiger partial charge is 0.494 e. The Hall–Kier alpha value is -4.50. The van der Waals surface area contributed by atoms with Gasteiger partial charge in [0.2, 0.25) is 5.91 Å². The molecule has 210 valence electrons. The number of thiocarbonyl (C=S) groups is 1. The molecule has 41 heavy (non-hydrogen) atoms. The lowest BCUT2D eigenvalue weighted by Gasteiger charge is -2.23. The van der Waals surface area contributed by atoms with Gasteiger partial charge in [-0.15, -0.1) is 0 Å². The van der Waals surface area contributed by atoms with Crippen molar-refractivity contribution >= 4 is 34.8 Å². The molecule has 1 atom stereocenters. The van der Waals surface area contributed by atoms with E-state index in [1.165, 1.54) is 0 Å². The number of para-hydroxylation sites is 1. The van der Waals surface area contributed by atoms with Crippen LogP contribution in [0.3, 0.4) is 0 Å². The van der Waals surface area contributed by atoms with Gasteiger partial charge in [0.05, 0.1) is 24.4 Å². The molecule has 2 amide bonds. The zero-order valence-electron chi connectivity index (χ0n) is 23.2. The van der Waals surface area contributed by atoms with Crippen molar-refractivity contribution in [2.45, 2.75) is 39.3 Å². The first-order valence-corrected chi connectivity index (χ1v) is 14.2. The number of ether oxygens (including phenoxy) is 1. The molecule has 4 aromatic rings. The fraction of sp³-hybridized carbons (Fsp3) is 0.250. The molecule has 1 saturated heterocycles. The number of aromatic nitrogens is 2. The summed E-state index contributed by atoms with van der Waals surface area (Å²) in [6.07, 6.45) is 2.86. The number of nitrogens with zero attached hydrogens (tertiary/aromatic N) is 4. The minimum Gasteiger partial charge on any atom is -0.494 e. The van der Waals surface area contributed by atoms with Crippen LogP contribution in [0.25, 0.3) is 16.9 Å². The molecule has 1 N–H and O–H groups in total. The number of hydrogen-bond acceptors (Lipinski definition) is 5. The van der Waals surface area contributed by atoms with Gasteiger partial charge in [0.15, 0.2) is 5.11 Å². The SMILES string of the molecule is CCCOc1ccc(NC(=O)C[C@H]2C(=O)N(CC)C(=S)N2Cc2cn(-c3ccccc3)nc2-c2ccccc2)cc1. The zero-order valence-corrected chi connectivity index (χ0v) is 24.0. The molecule has 1 aromatic heterocycles. The number of hydrogen-bond donors (Lipinski definition) is 1. The van der Waals surface area contributed by atoms with Crippen LogP contribution >= 0.6 is 12.2 Å². The Bertz CT molecular complexity index is 1510. The highest BCUT2D eigenvalue weighted by Gasteiger charge is 2.43. The van der Waals surface area contributed by atoms with Crippen LogP contribution in [-0.2, 0) is 16.1 Å². The number of carbonyl (C=O) groups is 2. The highest BCUT2D eigenvalue weighted by molar-refractivity contribution is 7.80. The molecule has 0 spiro atoms. The molecule has 1 aliphatic heterocycles. The third-order valence-corrected chi connectivity index (χ3v) is 7.36. The van der Waals surface area contributed by atoms with Gasteiger partial charge in [-0.3, -0.25) is 14.5 Å². The summed E-state index contributed by atoms with van der Waals surface area (Å²) in [5.74, 6) is 0.309. The van der Waals surface area contributed by atoms with Gasteiger partial charge in [0.25, 0.3) is 5.91 Å². The lowest BCUT2D eigenvalue weighted by Crippen LogP contribution is -2.37. The number of anilines is 1. The number of nitrogens with one attached hydrogen (secondary N) is 1. The topological polar surface area (TPSA) is 79.7 Å². The van der Waals surface area contributed by atoms with E-state index in [0.29, 0.717) is 30.5 Å². The first-order valence-electron chi connectivity index (χ1n) is 13.8. The minimum atomic E-state index is -0.724. The Balaban J connectivity index is 1.39. The van der Waals surface area contributed by atoms with E-state index in [-0.39, 0.29) is 18.2 Å². The van der Waals surface area contributed by atoms with Gasteiger partial charge < -0.3 is 15.0 Å². The van der Waals surface area contributed by atoms with Gasteiger partial charge in [0.1, 0.15) is 11.8 Å². The van der Waals surface area contributed by atoms with Crippen LogP contribution in [0.5, 0.6) is 5.75 Å². The summed E-state index contributed by atoms with van der Waals surface area (Å²) < 4.78 is 7.46. The molecule has 5 rings (SSSR count). The van der Waals surface area contributed by atoms with E-state index in [1.807, 2.05) is 102 Å². The lowest BCUT2D eigenvalue weighted by atomic mass is 10.1. The number of carbonyl (C=O) groups excluding carboxylic acids is 2. The second-order valence-corrected chi connectivity index (χ2v) is 10.1. The van der Waals surface area contributed by atoms with Gasteiger partial charge in [-0.2, -0.15) is 5.10 Å². The van der Waals surface area contributed by atoms with Crippen LogP contribution < -0.4 is 10.1 Å². The standard InChI is InChI=1S/C32H33N5O3S/c1-3-19-40-27-17-15-25(16-18-27)33-29(38)20-28-31(39)35(4-2)32(41)36(28)21-24-22-37(26-13-9-6-10-14-26)34-30(24)23-11-7-5-8-12-23/h5-18,22,28H,3-4,19-21H2,1-2H3,(H,33,38)/t28-/m0/s1. The van der Waals surface area contributed by atoms with Crippen molar-refractivity contribution in [2.24, 2.45) is 0 Å². The average Bonchev–Trinajstić information content (AvgIpc) is 3.52. The van der Waals surface area contributed by atoms with Crippen LogP contribution in [0.1, 0.15) is 32.3 Å². The van der Waals surface area contributed by atoms with E-state index in [2.05, 4.69) is 5.32 Å². The Morgan fingerprint density at radius 2 is 1.66 bits per heavy atom. The predicted molar refractivity (Wildman–Crippen MR) is 164 cm³/mol. The first kappa shape index (κ1) is 28.0. The molecule has 0 radical (unpaired) electrons. The number of amides is 2. The predicted octanol–water partition coefficient (Wildman–Crippen LogP) is 5.67. The molecule has 0 bridgehead atoms. The van der Waals surface area contributed by atoms with E-state index >= 15 is 0 Å². The molecule has 0 unspecified atom stereocenters. The molecular formula is C32H33N5O3S. The fourth-order valence-electron chi connectivity index (χ4n) is 4.87. The fourth-order valence-corrected chi connectivity index (χ4v) is 5.28. The van der Waals surface area contributed by atoms with Crippen molar-refractivity contribution in [3.8, 4) is 22.7 Å². The van der Waals surface area contributed by atoms with E-state index < -0.39 is 6.04 Å². The molecule has 0 saturated carbocycles. The Labute approximate surface area is 245 Å². The summed E-state index contributed by atoms with van der Waals surface area (Å²) in [6, 6.07) is 26.3. The van der Waals surface area contributed by atoms with Crippen LogP contribution in [0.2, 0.25) is 0 Å². The monoisotopic (exact) mass is 567 g/mol. The first-order chi connectivity index (χ1) is 20.0. The normalized spacial score (nSPS) is 14.9. The van der Waals surface area contributed by atoms with Crippen molar-refractivity contribution in [3.05, 3.63) is 96.7 Å². The van der Waals surface area contributed by atoms with Gasteiger partial charge >= 0.3 is 0 Å². The number of rotatable bonds is 11. The maximum absolute atomic E-state index is 13.4. The Kier molecular flexibility index (Phi) is 8.74. The van der Waals surface area contributed by atoms with Crippen LogP contribution in [0.4, 0.5) is 5.69 Å². The lowest BCUT2D eigenvalue weighted by molar-refractivity contribution is -0.130. The van der Waals surface area contributed by atoms with Gasteiger partial charge in [-0.25, -0.2) is 4.68 Å². The van der Waals surface area contributed by atoms with Crippen molar-refractivity contribution in [1.82, 2.24) is 19.6 Å². The van der Waals surface area contributed by atoms with E-state index in [4.69, 9.17) is 22.1 Å². The second-order valence-electron chi connectivity index (χ2n) is 9.78. The summed E-state index contributed by atoms with van der Waals surface area (Å²) in [7, 11) is 0. The summed E-state index contributed by atoms with van der Waals surface area (Å²) in [4.78, 5) is 30.0. The summed E-state index contributed by atoms with van der Waals surface area (Å²) in [6.45, 7) is 5.33. The molecule has 2 heterocycles. The van der Waals surface area contributed by atoms with Gasteiger partial charge in [0, 0.05) is 36.1 Å². The molecule has 9 heteroatoms. The van der Waals surface area contributed by atoms with E-state index in [9.17, 15) is 9.59 Å². The van der Waals surface area contributed by atoms with Crippen LogP contribution in [0, 0.1) is 0 Å². The number of benzene rings is 3.